The van der Waals surface area contributed by atoms with E-state index < -0.39 is 0 Å². The Labute approximate surface area is 108 Å². The average Bonchev–Trinajstić information content (AvgIpc) is 2.84. The minimum absolute atomic E-state index is 0. The quantitative estimate of drug-likeness (QED) is 0.852. The molecule has 1 saturated heterocycles. The highest BCUT2D eigenvalue weighted by molar-refractivity contribution is 5.85. The Hall–Kier alpha value is -1.06. The molecule has 3 nitrogen and oxygen atoms in total. The van der Waals surface area contributed by atoms with Gasteiger partial charge in [0.2, 0.25) is 5.91 Å². The highest BCUT2D eigenvalue weighted by Gasteiger charge is 2.21. The van der Waals surface area contributed by atoms with E-state index in [1.165, 1.54) is 5.56 Å². The maximum absolute atomic E-state index is 11.7. The molecule has 1 fully saturated rings. The van der Waals surface area contributed by atoms with Crippen molar-refractivity contribution in [3.05, 3.63) is 35.9 Å². The molecule has 0 saturated carbocycles. The van der Waals surface area contributed by atoms with Crippen molar-refractivity contribution in [2.24, 2.45) is 5.92 Å². The predicted molar refractivity (Wildman–Crippen MR) is 71.4 cm³/mol. The number of carbonyl (C=O) groups is 1. The maximum Gasteiger partial charge on any atom is 0.224 e. The Kier molecular flexibility index (Phi) is 6.01. The molecule has 1 aromatic rings. The lowest BCUT2D eigenvalue weighted by Gasteiger charge is -2.09. The zero-order chi connectivity index (χ0) is 11.2. The Bertz CT molecular complexity index is 337. The van der Waals surface area contributed by atoms with Crippen molar-refractivity contribution in [3.63, 3.8) is 0 Å². The van der Waals surface area contributed by atoms with E-state index in [1.807, 2.05) is 18.2 Å². The first-order valence-electron chi connectivity index (χ1n) is 5.88. The van der Waals surface area contributed by atoms with E-state index in [1.54, 1.807) is 0 Å². The number of amides is 1. The number of rotatable bonds is 4. The van der Waals surface area contributed by atoms with Crippen LogP contribution >= 0.6 is 12.4 Å². The molecule has 94 valence electrons. The third-order valence-electron chi connectivity index (χ3n) is 2.99. The van der Waals surface area contributed by atoms with Gasteiger partial charge in [0.15, 0.2) is 0 Å². The lowest BCUT2D eigenvalue weighted by Crippen LogP contribution is -2.33. The summed E-state index contributed by atoms with van der Waals surface area (Å²) < 4.78 is 0. The second kappa shape index (κ2) is 7.30. The maximum atomic E-state index is 11.7. The highest BCUT2D eigenvalue weighted by Crippen LogP contribution is 2.07. The minimum Gasteiger partial charge on any atom is -0.355 e. The molecular weight excluding hydrogens is 236 g/mol. The Morgan fingerprint density at radius 3 is 2.76 bits per heavy atom. The molecule has 1 aliphatic heterocycles. The summed E-state index contributed by atoms with van der Waals surface area (Å²) in [6, 6.07) is 10.2. The second-order valence-corrected chi connectivity index (χ2v) is 4.22. The Morgan fingerprint density at radius 1 is 1.35 bits per heavy atom. The first kappa shape index (κ1) is 14.0. The molecule has 2 N–H and O–H groups in total. The molecule has 0 radical (unpaired) electrons. The summed E-state index contributed by atoms with van der Waals surface area (Å²) in [5.41, 5.74) is 1.27. The smallest absolute Gasteiger partial charge is 0.224 e. The molecule has 0 spiro atoms. The van der Waals surface area contributed by atoms with Gasteiger partial charge in [-0.15, -0.1) is 12.4 Å². The molecule has 1 heterocycles. The van der Waals surface area contributed by atoms with Gasteiger partial charge in [0, 0.05) is 13.1 Å². The van der Waals surface area contributed by atoms with Crippen LogP contribution < -0.4 is 10.6 Å². The first-order valence-corrected chi connectivity index (χ1v) is 5.88. The van der Waals surface area contributed by atoms with Gasteiger partial charge in [-0.2, -0.15) is 0 Å². The van der Waals surface area contributed by atoms with Crippen LogP contribution in [-0.4, -0.2) is 25.5 Å². The van der Waals surface area contributed by atoms with E-state index in [0.29, 0.717) is 0 Å². The Balaban J connectivity index is 0.00000144. The van der Waals surface area contributed by atoms with Gasteiger partial charge in [-0.3, -0.25) is 4.79 Å². The summed E-state index contributed by atoms with van der Waals surface area (Å²) in [6.07, 6.45) is 1.88. The van der Waals surface area contributed by atoms with Crippen molar-refractivity contribution in [3.8, 4) is 0 Å². The van der Waals surface area contributed by atoms with Crippen LogP contribution in [0.15, 0.2) is 30.3 Å². The van der Waals surface area contributed by atoms with Crippen LogP contribution in [0, 0.1) is 5.92 Å². The largest absolute Gasteiger partial charge is 0.355 e. The first-order chi connectivity index (χ1) is 7.86. The zero-order valence-corrected chi connectivity index (χ0v) is 10.6. The second-order valence-electron chi connectivity index (χ2n) is 4.22. The zero-order valence-electron chi connectivity index (χ0n) is 9.82. The molecule has 1 atom stereocenters. The van der Waals surface area contributed by atoms with Gasteiger partial charge in [0.05, 0.1) is 5.92 Å². The van der Waals surface area contributed by atoms with E-state index in [4.69, 9.17) is 0 Å². The van der Waals surface area contributed by atoms with Gasteiger partial charge < -0.3 is 10.6 Å². The summed E-state index contributed by atoms with van der Waals surface area (Å²) in [5.74, 6) is 0.372. The molecule has 1 aliphatic rings. The normalized spacial score (nSPS) is 18.5. The van der Waals surface area contributed by atoms with E-state index >= 15 is 0 Å². The monoisotopic (exact) mass is 254 g/mol. The number of hydrogen-bond acceptors (Lipinski definition) is 2. The van der Waals surface area contributed by atoms with Gasteiger partial charge in [-0.25, -0.2) is 0 Å². The summed E-state index contributed by atoms with van der Waals surface area (Å²) in [7, 11) is 0. The van der Waals surface area contributed by atoms with Gasteiger partial charge in [0.25, 0.3) is 0 Å². The van der Waals surface area contributed by atoms with Gasteiger partial charge >= 0.3 is 0 Å². The summed E-state index contributed by atoms with van der Waals surface area (Å²) in [5, 5.41) is 6.19. The van der Waals surface area contributed by atoms with Crippen LogP contribution in [-0.2, 0) is 11.2 Å². The fourth-order valence-electron chi connectivity index (χ4n) is 2.00. The third kappa shape index (κ3) is 4.36. The minimum atomic E-state index is 0. The molecular formula is C13H19ClN2O. The van der Waals surface area contributed by atoms with Crippen molar-refractivity contribution in [1.82, 2.24) is 10.6 Å². The number of hydrogen-bond donors (Lipinski definition) is 2. The van der Waals surface area contributed by atoms with Crippen molar-refractivity contribution in [1.29, 1.82) is 0 Å². The Morgan fingerprint density at radius 2 is 2.12 bits per heavy atom. The SMILES string of the molecule is Cl.O=C(NCCc1ccccc1)C1CCNC1. The van der Waals surface area contributed by atoms with Crippen LogP contribution in [0.4, 0.5) is 0 Å². The van der Waals surface area contributed by atoms with Crippen LogP contribution in [0.3, 0.4) is 0 Å². The molecule has 4 heteroatoms. The molecule has 17 heavy (non-hydrogen) atoms. The summed E-state index contributed by atoms with van der Waals surface area (Å²) in [6.45, 7) is 2.54. The molecule has 1 amide bonds. The lowest BCUT2D eigenvalue weighted by molar-refractivity contribution is -0.124. The molecule has 1 aromatic carbocycles. The van der Waals surface area contributed by atoms with Gasteiger partial charge in [-0.1, -0.05) is 30.3 Å². The van der Waals surface area contributed by atoms with Crippen LogP contribution in [0.2, 0.25) is 0 Å². The van der Waals surface area contributed by atoms with Crippen molar-refractivity contribution < 1.29 is 4.79 Å². The van der Waals surface area contributed by atoms with E-state index in [2.05, 4.69) is 22.8 Å². The van der Waals surface area contributed by atoms with Crippen LogP contribution in [0.25, 0.3) is 0 Å². The van der Waals surface area contributed by atoms with E-state index in [0.717, 1.165) is 32.5 Å². The van der Waals surface area contributed by atoms with Crippen molar-refractivity contribution >= 4 is 18.3 Å². The molecule has 2 rings (SSSR count). The number of benzene rings is 1. The standard InChI is InChI=1S/C13H18N2O.ClH/c16-13(12-7-8-14-10-12)15-9-6-11-4-2-1-3-5-11;/h1-5,12,14H,6-10H2,(H,15,16);1H. The molecule has 0 aliphatic carbocycles. The average molecular weight is 255 g/mol. The van der Waals surface area contributed by atoms with Gasteiger partial charge in [0.1, 0.15) is 0 Å². The third-order valence-corrected chi connectivity index (χ3v) is 2.99. The number of carbonyl (C=O) groups excluding carboxylic acids is 1. The fraction of sp³-hybridized carbons (Fsp3) is 0.462. The van der Waals surface area contributed by atoms with Crippen LogP contribution in [0.1, 0.15) is 12.0 Å². The molecule has 0 aromatic heterocycles. The van der Waals surface area contributed by atoms with E-state index in [9.17, 15) is 4.79 Å². The summed E-state index contributed by atoms with van der Waals surface area (Å²) in [4.78, 5) is 11.7. The fourth-order valence-corrected chi connectivity index (χ4v) is 2.00. The molecule has 0 bridgehead atoms. The number of halogens is 1. The van der Waals surface area contributed by atoms with Gasteiger partial charge in [-0.05, 0) is 24.9 Å². The van der Waals surface area contributed by atoms with E-state index in [-0.39, 0.29) is 24.2 Å². The summed E-state index contributed by atoms with van der Waals surface area (Å²) >= 11 is 0. The number of nitrogens with one attached hydrogen (secondary N) is 2. The lowest BCUT2D eigenvalue weighted by atomic mass is 10.1. The van der Waals surface area contributed by atoms with Crippen molar-refractivity contribution in [2.75, 3.05) is 19.6 Å². The predicted octanol–water partition coefficient (Wildman–Crippen LogP) is 1.38. The van der Waals surface area contributed by atoms with Crippen LogP contribution in [0.5, 0.6) is 0 Å². The van der Waals surface area contributed by atoms with Crippen molar-refractivity contribution in [2.45, 2.75) is 12.8 Å². The topological polar surface area (TPSA) is 41.1 Å². The highest BCUT2D eigenvalue weighted by atomic mass is 35.5. The molecule has 1 unspecified atom stereocenters.